The number of ether oxygens (including phenoxy) is 1. The van der Waals surface area contributed by atoms with Crippen molar-refractivity contribution in [3.63, 3.8) is 0 Å². The van der Waals surface area contributed by atoms with Crippen LogP contribution in [0.2, 0.25) is 0 Å². The van der Waals surface area contributed by atoms with Gasteiger partial charge in [-0.15, -0.1) is 0 Å². The molecule has 0 atom stereocenters. The zero-order chi connectivity index (χ0) is 32.4. The number of benzene rings is 5. The molecule has 0 amide bonds. The highest BCUT2D eigenvalue weighted by molar-refractivity contribution is 5.72. The molecular formula is C39H38F3N3O. The Morgan fingerprint density at radius 2 is 0.891 bits per heavy atom. The molecule has 5 aromatic rings. The van der Waals surface area contributed by atoms with E-state index in [0.29, 0.717) is 30.2 Å². The molecule has 1 heterocycles. The van der Waals surface area contributed by atoms with Gasteiger partial charge in [0.1, 0.15) is 29.0 Å². The number of rotatable bonds is 10. The Morgan fingerprint density at radius 1 is 0.478 bits per heavy atom. The summed E-state index contributed by atoms with van der Waals surface area (Å²) in [5.41, 5.74) is 6.61. The lowest BCUT2D eigenvalue weighted by Crippen LogP contribution is -2.22. The van der Waals surface area contributed by atoms with Crippen LogP contribution in [-0.4, -0.2) is 26.2 Å². The largest absolute Gasteiger partial charge is 0.457 e. The van der Waals surface area contributed by atoms with Crippen molar-refractivity contribution in [3.8, 4) is 11.5 Å². The standard InChI is InChI=1S/C39H38F3N3O/c1-5-43(6-2)30-17-20-33(36(42)23-30)39-34-21-18-31(44(7-3)28-13-9-26(40)10-14-28)24-37(34)46-38-25-32(19-22-35(38)39)45(8-4)29-15-11-27(41)12-16-29/h9-25,39H,5-8H2,1-4H3. The van der Waals surface area contributed by atoms with Crippen molar-refractivity contribution in [1.29, 1.82) is 0 Å². The number of hydrogen-bond donors (Lipinski definition) is 0. The molecule has 0 saturated carbocycles. The second kappa shape index (κ2) is 13.2. The van der Waals surface area contributed by atoms with Crippen LogP contribution in [0.25, 0.3) is 0 Å². The van der Waals surface area contributed by atoms with E-state index in [1.165, 1.54) is 24.3 Å². The van der Waals surface area contributed by atoms with E-state index < -0.39 is 5.92 Å². The minimum Gasteiger partial charge on any atom is -0.457 e. The van der Waals surface area contributed by atoms with Crippen LogP contribution in [0.4, 0.5) is 41.6 Å². The second-order valence-electron chi connectivity index (χ2n) is 11.3. The Kier molecular flexibility index (Phi) is 8.93. The highest BCUT2D eigenvalue weighted by atomic mass is 19.1. The third-order valence-corrected chi connectivity index (χ3v) is 8.79. The normalized spacial score (nSPS) is 12.2. The lowest BCUT2D eigenvalue weighted by atomic mass is 9.82. The molecule has 4 nitrogen and oxygen atoms in total. The molecule has 0 N–H and O–H groups in total. The van der Waals surface area contributed by atoms with Gasteiger partial charge in [0, 0.05) is 89.4 Å². The maximum Gasteiger partial charge on any atom is 0.133 e. The topological polar surface area (TPSA) is 19.0 Å². The Labute approximate surface area is 269 Å². The van der Waals surface area contributed by atoms with Gasteiger partial charge in [-0.3, -0.25) is 0 Å². The third-order valence-electron chi connectivity index (χ3n) is 8.79. The summed E-state index contributed by atoms with van der Waals surface area (Å²) < 4.78 is 50.2. The Morgan fingerprint density at radius 3 is 1.30 bits per heavy atom. The van der Waals surface area contributed by atoms with Crippen LogP contribution >= 0.6 is 0 Å². The van der Waals surface area contributed by atoms with Crippen molar-refractivity contribution >= 4 is 28.4 Å². The molecule has 6 rings (SSSR count). The van der Waals surface area contributed by atoms with Gasteiger partial charge < -0.3 is 19.4 Å². The fourth-order valence-corrected chi connectivity index (χ4v) is 6.46. The van der Waals surface area contributed by atoms with Gasteiger partial charge in [-0.1, -0.05) is 18.2 Å². The highest BCUT2D eigenvalue weighted by Gasteiger charge is 2.32. The minimum absolute atomic E-state index is 0.274. The summed E-state index contributed by atoms with van der Waals surface area (Å²) in [6.07, 6.45) is 0. The van der Waals surface area contributed by atoms with E-state index in [1.54, 1.807) is 30.3 Å². The van der Waals surface area contributed by atoms with Gasteiger partial charge in [-0.2, -0.15) is 0 Å². The summed E-state index contributed by atoms with van der Waals surface area (Å²) in [5, 5.41) is 0. The first-order valence-electron chi connectivity index (χ1n) is 15.9. The molecule has 5 aromatic carbocycles. The van der Waals surface area contributed by atoms with E-state index in [0.717, 1.165) is 52.7 Å². The van der Waals surface area contributed by atoms with E-state index in [4.69, 9.17) is 4.74 Å². The zero-order valence-electron chi connectivity index (χ0n) is 26.6. The number of fused-ring (bicyclic) bond motifs is 2. The number of halogens is 3. The SMILES string of the molecule is CCN(CC)c1ccc(C2c3ccc(N(CC)c4ccc(F)cc4)cc3Oc3cc(N(CC)c4ccc(F)cc4)ccc32)c(F)c1. The van der Waals surface area contributed by atoms with E-state index >= 15 is 4.39 Å². The summed E-state index contributed by atoms with van der Waals surface area (Å²) in [5.74, 6) is -0.00692. The van der Waals surface area contributed by atoms with Crippen molar-refractivity contribution in [2.24, 2.45) is 0 Å². The van der Waals surface area contributed by atoms with Crippen molar-refractivity contribution in [2.45, 2.75) is 33.6 Å². The third kappa shape index (κ3) is 5.89. The molecule has 236 valence electrons. The summed E-state index contributed by atoms with van der Waals surface area (Å²) in [6, 6.07) is 30.3. The van der Waals surface area contributed by atoms with Gasteiger partial charge in [0.2, 0.25) is 0 Å². The first kappa shape index (κ1) is 31.1. The molecule has 0 radical (unpaired) electrons. The van der Waals surface area contributed by atoms with Crippen molar-refractivity contribution < 1.29 is 17.9 Å². The van der Waals surface area contributed by atoms with E-state index in [1.807, 2.05) is 62.4 Å². The molecule has 0 aromatic heterocycles. The van der Waals surface area contributed by atoms with Crippen molar-refractivity contribution in [2.75, 3.05) is 40.9 Å². The zero-order valence-corrected chi connectivity index (χ0v) is 26.6. The fourth-order valence-electron chi connectivity index (χ4n) is 6.46. The molecular weight excluding hydrogens is 583 g/mol. The monoisotopic (exact) mass is 621 g/mol. The Balaban J connectivity index is 1.47. The van der Waals surface area contributed by atoms with Crippen LogP contribution in [0.15, 0.2) is 103 Å². The van der Waals surface area contributed by atoms with Gasteiger partial charge >= 0.3 is 0 Å². The average Bonchev–Trinajstić information content (AvgIpc) is 3.07. The molecule has 0 saturated heterocycles. The van der Waals surface area contributed by atoms with Gasteiger partial charge in [-0.05, 0) is 100 Å². The number of anilines is 5. The van der Waals surface area contributed by atoms with Gasteiger partial charge in [0.05, 0.1) is 0 Å². The van der Waals surface area contributed by atoms with Crippen molar-refractivity contribution in [1.82, 2.24) is 0 Å². The maximum absolute atomic E-state index is 16.1. The number of nitrogens with zero attached hydrogens (tertiary/aromatic N) is 3. The first-order valence-corrected chi connectivity index (χ1v) is 15.9. The van der Waals surface area contributed by atoms with Gasteiger partial charge in [0.25, 0.3) is 0 Å². The Bertz CT molecular complexity index is 1720. The summed E-state index contributed by atoms with van der Waals surface area (Å²) in [6.45, 7) is 11.1. The first-order chi connectivity index (χ1) is 22.3. The molecule has 1 aliphatic rings. The molecule has 0 spiro atoms. The quantitative estimate of drug-likeness (QED) is 0.151. The predicted octanol–water partition coefficient (Wildman–Crippen LogP) is 10.6. The van der Waals surface area contributed by atoms with Crippen molar-refractivity contribution in [3.05, 3.63) is 137 Å². The van der Waals surface area contributed by atoms with E-state index in [2.05, 4.69) is 28.5 Å². The molecule has 0 unspecified atom stereocenters. The predicted molar refractivity (Wildman–Crippen MR) is 182 cm³/mol. The van der Waals surface area contributed by atoms with Crippen LogP contribution in [-0.2, 0) is 0 Å². The minimum atomic E-state index is -0.408. The molecule has 0 fully saturated rings. The van der Waals surface area contributed by atoms with Crippen LogP contribution in [0.1, 0.15) is 50.3 Å². The average molecular weight is 622 g/mol. The van der Waals surface area contributed by atoms with Crippen LogP contribution < -0.4 is 19.4 Å². The van der Waals surface area contributed by atoms with Crippen LogP contribution in [0.3, 0.4) is 0 Å². The summed E-state index contributed by atoms with van der Waals surface area (Å²) >= 11 is 0. The lowest BCUT2D eigenvalue weighted by Gasteiger charge is -2.32. The molecule has 0 aliphatic carbocycles. The second-order valence-corrected chi connectivity index (χ2v) is 11.3. The number of hydrogen-bond acceptors (Lipinski definition) is 4. The van der Waals surface area contributed by atoms with Crippen LogP contribution in [0, 0.1) is 17.5 Å². The smallest absolute Gasteiger partial charge is 0.133 e. The molecule has 7 heteroatoms. The van der Waals surface area contributed by atoms with Crippen LogP contribution in [0.5, 0.6) is 11.5 Å². The molecule has 46 heavy (non-hydrogen) atoms. The summed E-state index contributed by atoms with van der Waals surface area (Å²) in [7, 11) is 0. The van der Waals surface area contributed by atoms with E-state index in [-0.39, 0.29) is 17.5 Å². The van der Waals surface area contributed by atoms with Gasteiger partial charge in [0.15, 0.2) is 0 Å². The van der Waals surface area contributed by atoms with Gasteiger partial charge in [-0.25, -0.2) is 13.2 Å². The fraction of sp³-hybridized carbons (Fsp3) is 0.231. The Hall–Kier alpha value is -4.91. The van der Waals surface area contributed by atoms with E-state index in [9.17, 15) is 8.78 Å². The lowest BCUT2D eigenvalue weighted by molar-refractivity contribution is 0.451. The highest BCUT2D eigenvalue weighted by Crippen LogP contribution is 2.50. The molecule has 1 aliphatic heterocycles. The molecule has 0 bridgehead atoms. The summed E-state index contributed by atoms with van der Waals surface area (Å²) in [4.78, 5) is 6.29. The maximum atomic E-state index is 16.1.